The Labute approximate surface area is 125 Å². The summed E-state index contributed by atoms with van der Waals surface area (Å²) < 4.78 is 0. The lowest BCUT2D eigenvalue weighted by atomic mass is 9.80. The largest absolute Gasteiger partial charge is 0.341 e. The fraction of sp³-hybridized carbons (Fsp3) is 0.941. The maximum Gasteiger partial charge on any atom is 0.219 e. The van der Waals surface area contributed by atoms with Gasteiger partial charge < -0.3 is 10.2 Å². The Morgan fingerprint density at radius 2 is 1.95 bits per heavy atom. The van der Waals surface area contributed by atoms with Crippen LogP contribution in [0.1, 0.15) is 60.8 Å². The maximum atomic E-state index is 11.7. The molecule has 1 heterocycles. The Morgan fingerprint density at radius 3 is 2.45 bits per heavy atom. The van der Waals surface area contributed by atoms with Crippen molar-refractivity contribution in [1.29, 1.82) is 0 Å². The molecule has 118 valence electrons. The standard InChI is InChI=1S/C17H34N2O/c1-13(2)7-8-18-16-9-15(10-17(4,5)6)11-19(12-16)14(3)20/h13,15-16,18H,7-12H2,1-6H3. The molecule has 0 spiro atoms. The highest BCUT2D eigenvalue weighted by atomic mass is 16.2. The highest BCUT2D eigenvalue weighted by Gasteiger charge is 2.30. The van der Waals surface area contributed by atoms with Crippen molar-refractivity contribution < 1.29 is 4.79 Å². The SMILES string of the molecule is CC(=O)N1CC(CC(C)(C)C)CC(NCCC(C)C)C1. The number of nitrogens with zero attached hydrogens (tertiary/aromatic N) is 1. The summed E-state index contributed by atoms with van der Waals surface area (Å²) in [7, 11) is 0. The van der Waals surface area contributed by atoms with Crippen molar-refractivity contribution in [3.8, 4) is 0 Å². The first-order valence-corrected chi connectivity index (χ1v) is 8.16. The lowest BCUT2D eigenvalue weighted by Crippen LogP contribution is -2.51. The summed E-state index contributed by atoms with van der Waals surface area (Å²) in [4.78, 5) is 13.8. The van der Waals surface area contributed by atoms with Crippen LogP contribution in [0.25, 0.3) is 0 Å². The fourth-order valence-electron chi connectivity index (χ4n) is 3.20. The Kier molecular flexibility index (Phi) is 6.50. The van der Waals surface area contributed by atoms with Crippen molar-refractivity contribution in [3.05, 3.63) is 0 Å². The van der Waals surface area contributed by atoms with Crippen LogP contribution in [-0.4, -0.2) is 36.5 Å². The third kappa shape index (κ3) is 6.74. The highest BCUT2D eigenvalue weighted by Crippen LogP contribution is 2.30. The molecule has 1 saturated heterocycles. The Balaban J connectivity index is 2.54. The molecule has 0 aromatic heterocycles. The van der Waals surface area contributed by atoms with Gasteiger partial charge in [0.25, 0.3) is 0 Å². The highest BCUT2D eigenvalue weighted by molar-refractivity contribution is 5.73. The molecule has 1 N–H and O–H groups in total. The van der Waals surface area contributed by atoms with Crippen LogP contribution < -0.4 is 5.32 Å². The van der Waals surface area contributed by atoms with E-state index in [9.17, 15) is 4.79 Å². The zero-order valence-electron chi connectivity index (χ0n) is 14.3. The second-order valence-electron chi connectivity index (χ2n) is 8.12. The zero-order chi connectivity index (χ0) is 15.3. The van der Waals surface area contributed by atoms with E-state index in [1.54, 1.807) is 6.92 Å². The number of piperidine rings is 1. The summed E-state index contributed by atoms with van der Waals surface area (Å²) in [5.74, 6) is 1.59. The summed E-state index contributed by atoms with van der Waals surface area (Å²) in [6.45, 7) is 16.0. The van der Waals surface area contributed by atoms with E-state index in [1.165, 1.54) is 19.3 Å². The first-order chi connectivity index (χ1) is 9.17. The Hall–Kier alpha value is -0.570. The topological polar surface area (TPSA) is 32.3 Å². The molecule has 1 fully saturated rings. The van der Waals surface area contributed by atoms with E-state index >= 15 is 0 Å². The average molecular weight is 282 g/mol. The number of hydrogen-bond donors (Lipinski definition) is 1. The van der Waals surface area contributed by atoms with Crippen molar-refractivity contribution in [2.45, 2.75) is 66.8 Å². The lowest BCUT2D eigenvalue weighted by molar-refractivity contribution is -0.131. The van der Waals surface area contributed by atoms with Gasteiger partial charge in [0.05, 0.1) is 0 Å². The molecule has 0 aliphatic carbocycles. The van der Waals surface area contributed by atoms with E-state index in [2.05, 4.69) is 39.9 Å². The van der Waals surface area contributed by atoms with Crippen LogP contribution in [0.15, 0.2) is 0 Å². The third-order valence-corrected chi connectivity index (χ3v) is 4.04. The minimum atomic E-state index is 0.222. The van der Waals surface area contributed by atoms with E-state index < -0.39 is 0 Å². The maximum absolute atomic E-state index is 11.7. The van der Waals surface area contributed by atoms with Gasteiger partial charge >= 0.3 is 0 Å². The summed E-state index contributed by atoms with van der Waals surface area (Å²) in [6.07, 6.45) is 3.61. The predicted octanol–water partition coefficient (Wildman–Crippen LogP) is 3.30. The Morgan fingerprint density at radius 1 is 1.30 bits per heavy atom. The number of likely N-dealkylation sites (tertiary alicyclic amines) is 1. The van der Waals surface area contributed by atoms with Crippen LogP contribution in [0, 0.1) is 17.3 Å². The first-order valence-electron chi connectivity index (χ1n) is 8.16. The molecule has 1 rings (SSSR count). The van der Waals surface area contributed by atoms with Crippen LogP contribution in [0.5, 0.6) is 0 Å². The van der Waals surface area contributed by atoms with Crippen molar-refractivity contribution >= 4 is 5.91 Å². The van der Waals surface area contributed by atoms with Crippen LogP contribution in [0.3, 0.4) is 0 Å². The smallest absolute Gasteiger partial charge is 0.219 e. The molecular formula is C17H34N2O. The van der Waals surface area contributed by atoms with Crippen LogP contribution in [0.2, 0.25) is 0 Å². The number of amides is 1. The monoisotopic (exact) mass is 282 g/mol. The lowest BCUT2D eigenvalue weighted by Gasteiger charge is -2.40. The van der Waals surface area contributed by atoms with Crippen LogP contribution in [0.4, 0.5) is 0 Å². The van der Waals surface area contributed by atoms with Gasteiger partial charge in [-0.2, -0.15) is 0 Å². The van der Waals surface area contributed by atoms with Gasteiger partial charge in [0.2, 0.25) is 5.91 Å². The van der Waals surface area contributed by atoms with Gasteiger partial charge in [-0.25, -0.2) is 0 Å². The van der Waals surface area contributed by atoms with Gasteiger partial charge in [-0.05, 0) is 43.1 Å². The van der Waals surface area contributed by atoms with Crippen LogP contribution >= 0.6 is 0 Å². The molecule has 1 aliphatic heterocycles. The number of carbonyl (C=O) groups is 1. The minimum absolute atomic E-state index is 0.222. The molecule has 3 nitrogen and oxygen atoms in total. The second kappa shape index (κ2) is 7.44. The molecule has 0 bridgehead atoms. The first kappa shape index (κ1) is 17.5. The molecule has 2 unspecified atom stereocenters. The molecule has 0 aromatic carbocycles. The van der Waals surface area contributed by atoms with Crippen molar-refractivity contribution in [2.75, 3.05) is 19.6 Å². The van der Waals surface area contributed by atoms with E-state index in [-0.39, 0.29) is 5.91 Å². The van der Waals surface area contributed by atoms with Gasteiger partial charge in [0.15, 0.2) is 0 Å². The summed E-state index contributed by atoms with van der Waals surface area (Å²) in [5.41, 5.74) is 0.340. The molecule has 2 atom stereocenters. The van der Waals surface area contributed by atoms with E-state index in [0.717, 1.165) is 25.6 Å². The molecule has 0 radical (unpaired) electrons. The van der Waals surface area contributed by atoms with E-state index in [0.29, 0.717) is 17.4 Å². The van der Waals surface area contributed by atoms with E-state index in [4.69, 9.17) is 0 Å². The Bertz CT molecular complexity index is 307. The molecule has 0 aromatic rings. The van der Waals surface area contributed by atoms with Gasteiger partial charge in [0, 0.05) is 26.1 Å². The second-order valence-corrected chi connectivity index (χ2v) is 8.12. The average Bonchev–Trinajstić information content (AvgIpc) is 2.25. The van der Waals surface area contributed by atoms with Gasteiger partial charge in [-0.15, -0.1) is 0 Å². The quantitative estimate of drug-likeness (QED) is 0.839. The van der Waals surface area contributed by atoms with Gasteiger partial charge in [0.1, 0.15) is 0 Å². The van der Waals surface area contributed by atoms with Crippen molar-refractivity contribution in [2.24, 2.45) is 17.3 Å². The van der Waals surface area contributed by atoms with Crippen molar-refractivity contribution in [3.63, 3.8) is 0 Å². The summed E-state index contributed by atoms with van der Waals surface area (Å²) in [5, 5.41) is 3.66. The molecule has 3 heteroatoms. The van der Waals surface area contributed by atoms with Crippen LogP contribution in [-0.2, 0) is 4.79 Å². The number of rotatable bonds is 5. The van der Waals surface area contributed by atoms with E-state index in [1.807, 2.05) is 4.90 Å². The number of hydrogen-bond acceptors (Lipinski definition) is 2. The summed E-state index contributed by atoms with van der Waals surface area (Å²) >= 11 is 0. The molecule has 1 amide bonds. The minimum Gasteiger partial charge on any atom is -0.341 e. The fourth-order valence-corrected chi connectivity index (χ4v) is 3.20. The molecule has 1 aliphatic rings. The number of nitrogens with one attached hydrogen (secondary N) is 1. The predicted molar refractivity (Wildman–Crippen MR) is 85.7 cm³/mol. The third-order valence-electron chi connectivity index (χ3n) is 4.04. The summed E-state index contributed by atoms with van der Waals surface area (Å²) in [6, 6.07) is 0.471. The van der Waals surface area contributed by atoms with Gasteiger partial charge in [-0.3, -0.25) is 4.79 Å². The molecule has 0 saturated carbocycles. The normalized spacial score (nSPS) is 24.2. The number of carbonyl (C=O) groups excluding carboxylic acids is 1. The molecular weight excluding hydrogens is 248 g/mol. The molecule has 20 heavy (non-hydrogen) atoms. The van der Waals surface area contributed by atoms with Gasteiger partial charge in [-0.1, -0.05) is 34.6 Å². The zero-order valence-corrected chi connectivity index (χ0v) is 14.3. The van der Waals surface area contributed by atoms with Crippen molar-refractivity contribution in [1.82, 2.24) is 10.2 Å².